The number of primary amides is 1. The molecule has 0 heterocycles. The first-order chi connectivity index (χ1) is 16.6. The average molecular weight is 528 g/mol. The van der Waals surface area contributed by atoms with Gasteiger partial charge < -0.3 is 32.5 Å². The van der Waals surface area contributed by atoms with Crippen molar-refractivity contribution in [1.82, 2.24) is 16.0 Å². The number of nitrogens with two attached hydrogens (primary N) is 2. The van der Waals surface area contributed by atoms with Crippen molar-refractivity contribution in [1.29, 1.82) is 0 Å². The predicted octanol–water partition coefficient (Wildman–Crippen LogP) is -0.956. The molecule has 0 bridgehead atoms. The number of amides is 4. The third-order valence-electron chi connectivity index (χ3n) is 4.99. The molecule has 1 rings (SSSR count). The Balaban J connectivity index is 2.91. The second-order valence-corrected chi connectivity index (χ2v) is 9.14. The van der Waals surface area contributed by atoms with Gasteiger partial charge in [-0.25, -0.2) is 4.79 Å². The number of aliphatic carboxylic acids is 1. The van der Waals surface area contributed by atoms with Gasteiger partial charge in [-0.3, -0.25) is 19.2 Å². The molecule has 0 aromatic heterocycles. The van der Waals surface area contributed by atoms with Gasteiger partial charge in [-0.15, -0.1) is 0 Å². The van der Waals surface area contributed by atoms with E-state index < -0.39 is 53.8 Å². The van der Waals surface area contributed by atoms with Crippen molar-refractivity contribution in [3.05, 3.63) is 35.9 Å². The van der Waals surface area contributed by atoms with Crippen LogP contribution < -0.4 is 27.4 Å². The third kappa shape index (κ3) is 11.5. The van der Waals surface area contributed by atoms with E-state index in [1.807, 2.05) is 6.26 Å². The van der Waals surface area contributed by atoms with Gasteiger partial charge >= 0.3 is 5.97 Å². The van der Waals surface area contributed by atoms with E-state index in [1.165, 1.54) is 11.8 Å². The molecule has 4 amide bonds. The van der Waals surface area contributed by atoms with Gasteiger partial charge in [-0.05, 0) is 30.4 Å². The number of benzene rings is 1. The minimum Gasteiger partial charge on any atom is -0.480 e. The van der Waals surface area contributed by atoms with Gasteiger partial charge in [0, 0.05) is 18.6 Å². The van der Waals surface area contributed by atoms with Gasteiger partial charge in [-0.1, -0.05) is 30.3 Å². The monoisotopic (exact) mass is 527 g/mol. The molecule has 4 atom stereocenters. The maximum absolute atomic E-state index is 12.9. The molecular formula is C22H33N5O6S2. The van der Waals surface area contributed by atoms with Crippen molar-refractivity contribution in [3.8, 4) is 0 Å². The quantitative estimate of drug-likeness (QED) is 0.134. The standard InChI is InChI=1S/C22H33N5O6S2/c1-35-10-9-14(23)19(29)27-17(12-34)21(31)25-15(7-8-18(24)28)20(30)26-16(22(32)33)11-13-5-3-2-4-6-13/h2-6,14-17,34H,7-12,23H2,1H3,(H2,24,28)(H,25,31)(H,26,30)(H,27,29)(H,32,33). The highest BCUT2D eigenvalue weighted by Crippen LogP contribution is 2.06. The molecule has 0 spiro atoms. The molecule has 11 nitrogen and oxygen atoms in total. The van der Waals surface area contributed by atoms with Crippen molar-refractivity contribution < 1.29 is 29.1 Å². The van der Waals surface area contributed by atoms with Crippen LogP contribution in [0.5, 0.6) is 0 Å². The Morgan fingerprint density at radius 3 is 2.06 bits per heavy atom. The smallest absolute Gasteiger partial charge is 0.326 e. The van der Waals surface area contributed by atoms with Gasteiger partial charge in [0.05, 0.1) is 6.04 Å². The lowest BCUT2D eigenvalue weighted by molar-refractivity contribution is -0.142. The topological polar surface area (TPSA) is 194 Å². The number of thiol groups is 1. The zero-order valence-electron chi connectivity index (χ0n) is 19.4. The minimum absolute atomic E-state index is 0.0155. The second kappa shape index (κ2) is 16.0. The second-order valence-electron chi connectivity index (χ2n) is 7.79. The number of carboxylic acid groups (broad SMARTS) is 1. The summed E-state index contributed by atoms with van der Waals surface area (Å²) in [5.74, 6) is -3.45. The largest absolute Gasteiger partial charge is 0.480 e. The van der Waals surface area contributed by atoms with Crippen molar-refractivity contribution in [2.75, 3.05) is 17.8 Å². The van der Waals surface area contributed by atoms with Crippen molar-refractivity contribution in [3.63, 3.8) is 0 Å². The average Bonchev–Trinajstić information content (AvgIpc) is 2.82. The Morgan fingerprint density at radius 2 is 1.51 bits per heavy atom. The van der Waals surface area contributed by atoms with Crippen molar-refractivity contribution >= 4 is 54.0 Å². The van der Waals surface area contributed by atoms with E-state index in [0.717, 1.165) is 0 Å². The molecule has 0 aliphatic rings. The first-order valence-electron chi connectivity index (χ1n) is 10.9. The number of rotatable bonds is 16. The Kier molecular flexibility index (Phi) is 13.8. The first-order valence-corrected chi connectivity index (χ1v) is 12.9. The van der Waals surface area contributed by atoms with E-state index in [-0.39, 0.29) is 25.0 Å². The van der Waals surface area contributed by atoms with Gasteiger partial charge in [0.1, 0.15) is 18.1 Å². The summed E-state index contributed by atoms with van der Waals surface area (Å²) in [5.41, 5.74) is 11.7. The molecule has 1 aromatic rings. The summed E-state index contributed by atoms with van der Waals surface area (Å²) in [6.45, 7) is 0. The molecule has 13 heteroatoms. The molecule has 0 aliphatic carbocycles. The van der Waals surface area contributed by atoms with Crippen LogP contribution in [0.25, 0.3) is 0 Å². The molecule has 1 aromatic carbocycles. The Labute approximate surface area is 213 Å². The van der Waals surface area contributed by atoms with Crippen molar-refractivity contribution in [2.45, 2.75) is 49.9 Å². The van der Waals surface area contributed by atoms with Crippen LogP contribution >= 0.6 is 24.4 Å². The van der Waals surface area contributed by atoms with E-state index in [2.05, 4.69) is 28.6 Å². The lowest BCUT2D eigenvalue weighted by atomic mass is 10.0. The molecule has 0 aliphatic heterocycles. The Morgan fingerprint density at radius 1 is 0.943 bits per heavy atom. The molecule has 194 valence electrons. The van der Waals surface area contributed by atoms with Crippen LogP contribution in [0, 0.1) is 0 Å². The van der Waals surface area contributed by atoms with Gasteiger partial charge in [0.2, 0.25) is 23.6 Å². The number of hydrogen-bond donors (Lipinski definition) is 7. The highest BCUT2D eigenvalue weighted by atomic mass is 32.2. The number of carbonyl (C=O) groups is 5. The van der Waals surface area contributed by atoms with Crippen LogP contribution in [0.2, 0.25) is 0 Å². The summed E-state index contributed by atoms with van der Waals surface area (Å²) in [6.07, 6.45) is 1.91. The van der Waals surface area contributed by atoms with E-state index >= 15 is 0 Å². The van der Waals surface area contributed by atoms with Gasteiger partial charge in [0.25, 0.3) is 0 Å². The van der Waals surface area contributed by atoms with Crippen LogP contribution in [0.3, 0.4) is 0 Å². The number of hydrogen-bond acceptors (Lipinski definition) is 8. The summed E-state index contributed by atoms with van der Waals surface area (Å²) in [6, 6.07) is 4.24. The molecule has 35 heavy (non-hydrogen) atoms. The van der Waals surface area contributed by atoms with Crippen LogP contribution in [0.15, 0.2) is 30.3 Å². The van der Waals surface area contributed by atoms with Gasteiger partial charge in [-0.2, -0.15) is 24.4 Å². The first kappa shape index (κ1) is 30.3. The highest BCUT2D eigenvalue weighted by Gasteiger charge is 2.30. The fourth-order valence-corrected chi connectivity index (χ4v) is 3.75. The van der Waals surface area contributed by atoms with Crippen LogP contribution in [0.1, 0.15) is 24.8 Å². The summed E-state index contributed by atoms with van der Waals surface area (Å²) in [7, 11) is 0. The summed E-state index contributed by atoms with van der Waals surface area (Å²) in [5, 5.41) is 16.9. The maximum atomic E-state index is 12.9. The molecular weight excluding hydrogens is 494 g/mol. The Hall–Kier alpha value is -2.77. The summed E-state index contributed by atoms with van der Waals surface area (Å²) < 4.78 is 0. The van der Waals surface area contributed by atoms with E-state index in [0.29, 0.717) is 17.7 Å². The minimum atomic E-state index is -1.27. The molecule has 0 radical (unpaired) electrons. The van der Waals surface area contributed by atoms with Crippen molar-refractivity contribution in [2.24, 2.45) is 11.5 Å². The van der Waals surface area contributed by atoms with E-state index in [9.17, 15) is 29.1 Å². The molecule has 0 saturated heterocycles. The highest BCUT2D eigenvalue weighted by molar-refractivity contribution is 7.98. The molecule has 0 saturated carbocycles. The normalized spacial score (nSPS) is 14.1. The maximum Gasteiger partial charge on any atom is 0.326 e. The fraction of sp³-hybridized carbons (Fsp3) is 0.500. The van der Waals surface area contributed by atoms with Crippen LogP contribution in [0.4, 0.5) is 0 Å². The molecule has 8 N–H and O–H groups in total. The summed E-state index contributed by atoms with van der Waals surface area (Å²) in [4.78, 5) is 61.0. The fourth-order valence-electron chi connectivity index (χ4n) is 3.00. The summed E-state index contributed by atoms with van der Waals surface area (Å²) >= 11 is 5.62. The molecule has 0 fully saturated rings. The number of carbonyl (C=O) groups excluding carboxylic acids is 4. The molecule has 4 unspecified atom stereocenters. The lowest BCUT2D eigenvalue weighted by Gasteiger charge is -2.24. The van der Waals surface area contributed by atoms with Gasteiger partial charge in [0.15, 0.2) is 0 Å². The predicted molar refractivity (Wildman–Crippen MR) is 137 cm³/mol. The number of nitrogens with one attached hydrogen (secondary N) is 3. The zero-order chi connectivity index (χ0) is 26.4. The SMILES string of the molecule is CSCCC(N)C(=O)NC(CS)C(=O)NC(CCC(N)=O)C(=O)NC(Cc1ccccc1)C(=O)O. The number of thioether (sulfide) groups is 1. The van der Waals surface area contributed by atoms with Crippen LogP contribution in [-0.2, 0) is 30.4 Å². The third-order valence-corrected chi connectivity index (χ3v) is 6.00. The van der Waals surface area contributed by atoms with Crippen LogP contribution in [-0.4, -0.2) is 76.6 Å². The zero-order valence-corrected chi connectivity index (χ0v) is 21.1. The van der Waals surface area contributed by atoms with E-state index in [1.54, 1.807) is 30.3 Å². The lowest BCUT2D eigenvalue weighted by Crippen LogP contribution is -2.58. The Bertz CT molecular complexity index is 873. The number of carboxylic acids is 1. The van der Waals surface area contributed by atoms with E-state index in [4.69, 9.17) is 11.5 Å².